The first-order chi connectivity index (χ1) is 6.24. The predicted octanol–water partition coefficient (Wildman–Crippen LogP) is 2.05. The van der Waals surface area contributed by atoms with Crippen molar-refractivity contribution in [1.82, 2.24) is 0 Å². The van der Waals surface area contributed by atoms with Gasteiger partial charge in [-0.2, -0.15) is 0 Å². The summed E-state index contributed by atoms with van der Waals surface area (Å²) >= 11 is 0. The number of rotatable bonds is 3. The van der Waals surface area contributed by atoms with E-state index in [-0.39, 0.29) is 11.5 Å². The van der Waals surface area contributed by atoms with Crippen molar-refractivity contribution >= 4 is 0 Å². The van der Waals surface area contributed by atoms with Crippen molar-refractivity contribution in [1.29, 1.82) is 0 Å². The van der Waals surface area contributed by atoms with E-state index in [1.54, 1.807) is 12.1 Å². The predicted molar refractivity (Wildman–Crippen MR) is 51.5 cm³/mol. The van der Waals surface area contributed by atoms with Crippen LogP contribution in [-0.2, 0) is 6.42 Å². The lowest BCUT2D eigenvalue weighted by Crippen LogP contribution is -1.84. The Morgan fingerprint density at radius 3 is 2.62 bits per heavy atom. The Bertz CT molecular complexity index is 323. The van der Waals surface area contributed by atoms with Gasteiger partial charge in [-0.15, -0.1) is 12.3 Å². The molecule has 1 aromatic rings. The first-order valence-electron chi connectivity index (χ1n) is 4.18. The van der Waals surface area contributed by atoms with Gasteiger partial charge in [-0.25, -0.2) is 0 Å². The Kier molecular flexibility index (Phi) is 3.22. The fourth-order valence-electron chi connectivity index (χ4n) is 1.12. The molecule has 0 saturated carbocycles. The largest absolute Gasteiger partial charge is 0.504 e. The van der Waals surface area contributed by atoms with Crippen LogP contribution in [0.5, 0.6) is 11.5 Å². The number of aryl methyl sites for hydroxylation is 1. The van der Waals surface area contributed by atoms with Gasteiger partial charge in [0.25, 0.3) is 0 Å². The number of hydrogen-bond donors (Lipinski definition) is 2. The number of benzene rings is 1. The summed E-state index contributed by atoms with van der Waals surface area (Å²) in [6.45, 7) is 0. The topological polar surface area (TPSA) is 40.5 Å². The van der Waals surface area contributed by atoms with E-state index in [1.165, 1.54) is 6.07 Å². The van der Waals surface area contributed by atoms with Crippen LogP contribution in [0, 0.1) is 12.3 Å². The van der Waals surface area contributed by atoms with E-state index < -0.39 is 0 Å². The minimum Gasteiger partial charge on any atom is -0.504 e. The van der Waals surface area contributed by atoms with Crippen LogP contribution in [0.25, 0.3) is 0 Å². The van der Waals surface area contributed by atoms with Crippen molar-refractivity contribution in [3.05, 3.63) is 23.8 Å². The van der Waals surface area contributed by atoms with Crippen molar-refractivity contribution in [3.8, 4) is 23.8 Å². The molecule has 0 saturated heterocycles. The Morgan fingerprint density at radius 1 is 1.23 bits per heavy atom. The average molecular weight is 176 g/mol. The monoisotopic (exact) mass is 176 g/mol. The summed E-state index contributed by atoms with van der Waals surface area (Å²) in [5, 5.41) is 18.2. The summed E-state index contributed by atoms with van der Waals surface area (Å²) in [4.78, 5) is 0. The van der Waals surface area contributed by atoms with Crippen LogP contribution >= 0.6 is 0 Å². The summed E-state index contributed by atoms with van der Waals surface area (Å²) < 4.78 is 0. The first-order valence-corrected chi connectivity index (χ1v) is 4.18. The van der Waals surface area contributed by atoms with Crippen molar-refractivity contribution in [2.75, 3.05) is 0 Å². The minimum atomic E-state index is -0.0827. The lowest BCUT2D eigenvalue weighted by Gasteiger charge is -2.01. The molecule has 0 unspecified atom stereocenters. The molecule has 0 aliphatic heterocycles. The van der Waals surface area contributed by atoms with E-state index in [0.29, 0.717) is 0 Å². The normalized spacial score (nSPS) is 9.46. The zero-order valence-electron chi connectivity index (χ0n) is 7.33. The third kappa shape index (κ3) is 2.72. The maximum atomic E-state index is 9.17. The number of phenols is 2. The summed E-state index contributed by atoms with van der Waals surface area (Å²) in [7, 11) is 0. The molecule has 0 heterocycles. The lowest BCUT2D eigenvalue weighted by atomic mass is 10.1. The van der Waals surface area contributed by atoms with E-state index in [0.717, 1.165) is 24.8 Å². The molecule has 0 bridgehead atoms. The van der Waals surface area contributed by atoms with Crippen LogP contribution in [0.4, 0.5) is 0 Å². The third-order valence-corrected chi connectivity index (χ3v) is 1.83. The lowest BCUT2D eigenvalue weighted by molar-refractivity contribution is 0.403. The summed E-state index contributed by atoms with van der Waals surface area (Å²) in [5.74, 6) is 2.40. The molecule has 0 aliphatic rings. The minimum absolute atomic E-state index is 0.0711. The number of aromatic hydroxyl groups is 2. The number of unbranched alkanes of at least 4 members (excludes halogenated alkanes) is 1. The van der Waals surface area contributed by atoms with Crippen molar-refractivity contribution < 1.29 is 10.2 Å². The van der Waals surface area contributed by atoms with Crippen LogP contribution in [0.2, 0.25) is 0 Å². The first kappa shape index (κ1) is 9.47. The zero-order valence-corrected chi connectivity index (χ0v) is 7.33. The molecule has 2 N–H and O–H groups in total. The Balaban J connectivity index is 2.59. The van der Waals surface area contributed by atoms with Crippen LogP contribution < -0.4 is 0 Å². The van der Waals surface area contributed by atoms with E-state index in [9.17, 15) is 0 Å². The highest BCUT2D eigenvalue weighted by Crippen LogP contribution is 2.25. The van der Waals surface area contributed by atoms with Crippen molar-refractivity contribution in [2.45, 2.75) is 19.3 Å². The van der Waals surface area contributed by atoms with Gasteiger partial charge in [-0.05, 0) is 30.5 Å². The van der Waals surface area contributed by atoms with Crippen molar-refractivity contribution in [3.63, 3.8) is 0 Å². The standard InChI is InChI=1S/C11H12O2/c1-2-3-4-5-9-6-7-10(12)11(13)8-9/h1,6-8,12-13H,3-5H2. The number of hydrogen-bond acceptors (Lipinski definition) is 2. The molecule has 0 amide bonds. The van der Waals surface area contributed by atoms with E-state index in [4.69, 9.17) is 16.6 Å². The fourth-order valence-corrected chi connectivity index (χ4v) is 1.12. The molecule has 0 spiro atoms. The zero-order chi connectivity index (χ0) is 9.68. The molecule has 0 atom stereocenters. The van der Waals surface area contributed by atoms with Gasteiger partial charge in [0.1, 0.15) is 0 Å². The van der Waals surface area contributed by atoms with Crippen LogP contribution in [0.1, 0.15) is 18.4 Å². The molecular formula is C11H12O2. The fraction of sp³-hybridized carbons (Fsp3) is 0.273. The molecule has 2 heteroatoms. The van der Waals surface area contributed by atoms with Gasteiger partial charge in [-0.1, -0.05) is 6.07 Å². The molecule has 1 rings (SSSR count). The molecule has 68 valence electrons. The average Bonchev–Trinajstić information content (AvgIpc) is 2.12. The van der Waals surface area contributed by atoms with Gasteiger partial charge in [-0.3, -0.25) is 0 Å². The highest BCUT2D eigenvalue weighted by Gasteiger charge is 1.99. The second-order valence-corrected chi connectivity index (χ2v) is 2.88. The van der Waals surface area contributed by atoms with Gasteiger partial charge < -0.3 is 10.2 Å². The summed E-state index contributed by atoms with van der Waals surface area (Å²) in [6, 6.07) is 4.83. The highest BCUT2D eigenvalue weighted by molar-refractivity contribution is 5.40. The smallest absolute Gasteiger partial charge is 0.157 e. The Labute approximate surface area is 77.8 Å². The van der Waals surface area contributed by atoms with Crippen molar-refractivity contribution in [2.24, 2.45) is 0 Å². The Morgan fingerprint density at radius 2 is 2.00 bits per heavy atom. The number of phenolic OH excluding ortho intramolecular Hbond substituents is 2. The van der Waals surface area contributed by atoms with Gasteiger partial charge in [0.05, 0.1) is 0 Å². The van der Waals surface area contributed by atoms with Gasteiger partial charge >= 0.3 is 0 Å². The molecule has 0 aromatic heterocycles. The molecule has 2 nitrogen and oxygen atoms in total. The van der Waals surface area contributed by atoms with E-state index >= 15 is 0 Å². The van der Waals surface area contributed by atoms with E-state index in [2.05, 4.69) is 5.92 Å². The Hall–Kier alpha value is -1.62. The molecule has 0 fully saturated rings. The molecule has 0 radical (unpaired) electrons. The third-order valence-electron chi connectivity index (χ3n) is 1.83. The summed E-state index contributed by atoms with van der Waals surface area (Å²) in [6.07, 6.45) is 7.58. The van der Waals surface area contributed by atoms with Gasteiger partial charge in [0.15, 0.2) is 11.5 Å². The SMILES string of the molecule is C#CCCCc1ccc(O)c(O)c1. The van der Waals surface area contributed by atoms with Gasteiger partial charge in [0, 0.05) is 6.42 Å². The van der Waals surface area contributed by atoms with Crippen LogP contribution in [0.3, 0.4) is 0 Å². The maximum absolute atomic E-state index is 9.17. The van der Waals surface area contributed by atoms with Crippen LogP contribution in [0.15, 0.2) is 18.2 Å². The second-order valence-electron chi connectivity index (χ2n) is 2.88. The number of terminal acetylenes is 1. The molecule has 0 aliphatic carbocycles. The van der Waals surface area contributed by atoms with Crippen LogP contribution in [-0.4, -0.2) is 10.2 Å². The van der Waals surface area contributed by atoms with E-state index in [1.807, 2.05) is 0 Å². The molecular weight excluding hydrogens is 164 g/mol. The molecule has 1 aromatic carbocycles. The quantitative estimate of drug-likeness (QED) is 0.420. The highest BCUT2D eigenvalue weighted by atomic mass is 16.3. The molecule has 13 heavy (non-hydrogen) atoms. The van der Waals surface area contributed by atoms with Gasteiger partial charge in [0.2, 0.25) is 0 Å². The maximum Gasteiger partial charge on any atom is 0.157 e. The summed E-state index contributed by atoms with van der Waals surface area (Å²) in [5.41, 5.74) is 0.991. The second kappa shape index (κ2) is 4.42.